The zero-order valence-electron chi connectivity index (χ0n) is 6.47. The van der Waals surface area contributed by atoms with Gasteiger partial charge < -0.3 is 24.7 Å². The van der Waals surface area contributed by atoms with Crippen LogP contribution >= 0.6 is 16.5 Å². The summed E-state index contributed by atoms with van der Waals surface area (Å²) in [4.78, 5) is 28.6. The molecular formula is C3H14O7P2. The topological polar surface area (TPSA) is 135 Å². The Morgan fingerprint density at radius 3 is 1.08 bits per heavy atom. The first kappa shape index (κ1) is 18.1. The van der Waals surface area contributed by atoms with Gasteiger partial charge in [-0.25, -0.2) is 0 Å². The average molecular weight is 224 g/mol. The average Bonchev–Trinajstić information content (AvgIpc) is 1.85. The minimum atomic E-state index is -3.13. The first-order chi connectivity index (χ1) is 5.38. The third kappa shape index (κ3) is 554. The molecule has 0 aromatic carbocycles. The molecule has 0 saturated heterocycles. The molecule has 0 aliphatic rings. The zero-order chi connectivity index (χ0) is 10.6. The molecule has 0 fully saturated rings. The van der Waals surface area contributed by atoms with Crippen molar-refractivity contribution in [2.45, 2.75) is 13.3 Å². The molecule has 0 aromatic heterocycles. The van der Waals surface area contributed by atoms with Crippen molar-refractivity contribution in [3.05, 3.63) is 0 Å². The maximum atomic E-state index is 8.74. The lowest BCUT2D eigenvalue weighted by atomic mass is 10.5. The van der Waals surface area contributed by atoms with Gasteiger partial charge in [0.2, 0.25) is 0 Å². The summed E-state index contributed by atoms with van der Waals surface area (Å²) in [6, 6.07) is 0. The van der Waals surface area contributed by atoms with Crippen LogP contribution in [-0.4, -0.2) is 31.3 Å². The third-order valence-electron chi connectivity index (χ3n) is 0.224. The fourth-order valence-electron chi connectivity index (χ4n) is 0. The standard InChI is InChI=1S/C3H8O.2H3O3P/c1-2-3-4;2*1-4(2)3/h4H,2-3H2,1H3;2*4H,(H2,1,2,3). The summed E-state index contributed by atoms with van der Waals surface area (Å²) in [6.45, 7) is 2.25. The first-order valence-corrected chi connectivity index (χ1v) is 5.43. The van der Waals surface area contributed by atoms with Crippen molar-refractivity contribution in [3.63, 3.8) is 0 Å². The Morgan fingerprint density at radius 1 is 1.00 bits per heavy atom. The highest BCUT2D eigenvalue weighted by Crippen LogP contribution is 1.98. The SMILES string of the molecule is CCCO.O=[PH](O)O.O=[PH](O)O. The number of aliphatic hydroxyl groups excluding tert-OH is 1. The van der Waals surface area contributed by atoms with Crippen molar-refractivity contribution in [3.8, 4) is 0 Å². The molecule has 0 atom stereocenters. The van der Waals surface area contributed by atoms with Gasteiger partial charge in [-0.15, -0.1) is 0 Å². The number of hydrogen-bond donors (Lipinski definition) is 5. The van der Waals surface area contributed by atoms with E-state index in [-0.39, 0.29) is 0 Å². The van der Waals surface area contributed by atoms with Crippen LogP contribution in [0.2, 0.25) is 0 Å². The van der Waals surface area contributed by atoms with Gasteiger partial charge in [0.25, 0.3) is 0 Å². The summed E-state index contributed by atoms with van der Waals surface area (Å²) in [6.07, 6.45) is 0.875. The smallest absolute Gasteiger partial charge is 0.314 e. The van der Waals surface area contributed by atoms with Gasteiger partial charge >= 0.3 is 16.5 Å². The first-order valence-electron chi connectivity index (χ1n) is 2.83. The van der Waals surface area contributed by atoms with Crippen molar-refractivity contribution in [2.24, 2.45) is 0 Å². The van der Waals surface area contributed by atoms with Gasteiger partial charge in [-0.05, 0) is 6.42 Å². The van der Waals surface area contributed by atoms with Crippen molar-refractivity contribution in [1.82, 2.24) is 0 Å². The molecule has 0 heterocycles. The Balaban J connectivity index is -0.000000101. The molecule has 0 rings (SSSR count). The summed E-state index contributed by atoms with van der Waals surface area (Å²) >= 11 is 0. The van der Waals surface area contributed by atoms with Gasteiger partial charge in [0.15, 0.2) is 0 Å². The molecule has 12 heavy (non-hydrogen) atoms. The summed E-state index contributed by atoms with van der Waals surface area (Å²) in [5, 5.41) is 7.88. The predicted molar refractivity (Wildman–Crippen MR) is 44.3 cm³/mol. The molecule has 5 N–H and O–H groups in total. The van der Waals surface area contributed by atoms with Gasteiger partial charge in [-0.2, -0.15) is 0 Å². The van der Waals surface area contributed by atoms with E-state index in [1.165, 1.54) is 0 Å². The van der Waals surface area contributed by atoms with Crippen LogP contribution in [0.3, 0.4) is 0 Å². The molecule has 0 bridgehead atoms. The molecule has 0 amide bonds. The lowest BCUT2D eigenvalue weighted by molar-refractivity contribution is 0.295. The van der Waals surface area contributed by atoms with E-state index in [2.05, 4.69) is 0 Å². The molecule has 9 heteroatoms. The molecule has 0 aromatic rings. The quantitative estimate of drug-likeness (QED) is 0.364. The molecule has 0 radical (unpaired) electrons. The van der Waals surface area contributed by atoms with Gasteiger partial charge in [0.05, 0.1) is 0 Å². The molecule has 0 unspecified atom stereocenters. The predicted octanol–water partition coefficient (Wildman–Crippen LogP) is -0.890. The van der Waals surface area contributed by atoms with Crippen LogP contribution in [0.1, 0.15) is 13.3 Å². The van der Waals surface area contributed by atoms with E-state index >= 15 is 0 Å². The van der Waals surface area contributed by atoms with Crippen LogP contribution in [0.25, 0.3) is 0 Å². The van der Waals surface area contributed by atoms with Gasteiger partial charge in [-0.1, -0.05) is 6.92 Å². The highest BCUT2D eigenvalue weighted by atomic mass is 31.1. The van der Waals surface area contributed by atoms with E-state index in [0.29, 0.717) is 6.61 Å². The molecular weight excluding hydrogens is 210 g/mol. The second kappa shape index (κ2) is 17.4. The van der Waals surface area contributed by atoms with Crippen LogP contribution in [-0.2, 0) is 9.13 Å². The monoisotopic (exact) mass is 224 g/mol. The highest BCUT2D eigenvalue weighted by Gasteiger charge is 1.62. The van der Waals surface area contributed by atoms with Crippen molar-refractivity contribution < 1.29 is 33.8 Å². The molecule has 78 valence electrons. The minimum absolute atomic E-state index is 0.319. The summed E-state index contributed by atoms with van der Waals surface area (Å²) in [5.41, 5.74) is 0. The molecule has 7 nitrogen and oxygen atoms in total. The largest absolute Gasteiger partial charge is 0.396 e. The lowest BCUT2D eigenvalue weighted by Crippen LogP contribution is -1.69. The van der Waals surface area contributed by atoms with E-state index in [1.807, 2.05) is 6.92 Å². The Bertz CT molecular complexity index is 93.2. The normalized spacial score (nSPS) is 8.33. The second-order valence-corrected chi connectivity index (χ2v) is 2.42. The number of hydrogen-bond acceptors (Lipinski definition) is 3. The van der Waals surface area contributed by atoms with Gasteiger partial charge in [0, 0.05) is 6.61 Å². The van der Waals surface area contributed by atoms with E-state index < -0.39 is 16.5 Å². The Morgan fingerprint density at radius 2 is 1.08 bits per heavy atom. The maximum absolute atomic E-state index is 8.74. The Hall–Kier alpha value is 0.260. The van der Waals surface area contributed by atoms with E-state index in [1.54, 1.807) is 0 Å². The number of aliphatic hydroxyl groups is 1. The van der Waals surface area contributed by atoms with Gasteiger partial charge in [0.1, 0.15) is 0 Å². The van der Waals surface area contributed by atoms with E-state index in [4.69, 9.17) is 33.8 Å². The molecule has 0 aliphatic carbocycles. The Kier molecular flexibility index (Phi) is 26.2. The van der Waals surface area contributed by atoms with Crippen molar-refractivity contribution in [1.29, 1.82) is 0 Å². The fraction of sp³-hybridized carbons (Fsp3) is 1.00. The molecule has 0 saturated carbocycles. The molecule has 0 aliphatic heterocycles. The Labute approximate surface area is 71.2 Å². The summed E-state index contributed by atoms with van der Waals surface area (Å²) < 4.78 is 17.5. The van der Waals surface area contributed by atoms with E-state index in [9.17, 15) is 0 Å². The number of rotatable bonds is 1. The van der Waals surface area contributed by atoms with Crippen LogP contribution in [0.4, 0.5) is 0 Å². The molecule has 0 spiro atoms. The third-order valence-corrected chi connectivity index (χ3v) is 0.224. The van der Waals surface area contributed by atoms with Crippen molar-refractivity contribution >= 4 is 16.5 Å². The van der Waals surface area contributed by atoms with Gasteiger partial charge in [-0.3, -0.25) is 9.13 Å². The minimum Gasteiger partial charge on any atom is -0.396 e. The summed E-state index contributed by atoms with van der Waals surface area (Å²) in [5.74, 6) is 0. The summed E-state index contributed by atoms with van der Waals surface area (Å²) in [7, 11) is -6.26. The highest BCUT2D eigenvalue weighted by molar-refractivity contribution is 7.31. The zero-order valence-corrected chi connectivity index (χ0v) is 8.47. The fourth-order valence-corrected chi connectivity index (χ4v) is 0. The van der Waals surface area contributed by atoms with Crippen LogP contribution < -0.4 is 0 Å². The second-order valence-electron chi connectivity index (χ2n) is 1.29. The maximum Gasteiger partial charge on any atom is 0.314 e. The lowest BCUT2D eigenvalue weighted by Gasteiger charge is -1.69. The van der Waals surface area contributed by atoms with Crippen molar-refractivity contribution in [2.75, 3.05) is 6.61 Å². The van der Waals surface area contributed by atoms with Crippen LogP contribution in [0.5, 0.6) is 0 Å². The van der Waals surface area contributed by atoms with Crippen LogP contribution in [0, 0.1) is 0 Å². The van der Waals surface area contributed by atoms with E-state index in [0.717, 1.165) is 6.42 Å². The van der Waals surface area contributed by atoms with Crippen LogP contribution in [0.15, 0.2) is 0 Å².